The molecule has 0 heterocycles. The number of nitrogens with one attached hydrogen (secondary N) is 1. The summed E-state index contributed by atoms with van der Waals surface area (Å²) in [7, 11) is -3.60. The molecule has 0 radical (unpaired) electrons. The van der Waals surface area contributed by atoms with Gasteiger partial charge in [0.05, 0.1) is 0 Å². The standard InChI is InChI=1S/C40H33BrNO2PS/c1-46(43,44)42-37-27-25-31-17-11-13-23-35(31)39(37)40-36-24-14-12-18-32(36)26-28-38(40)45(41,33-19-7-3-8-20-33,34-21-9-4-10-22-34)29-30-15-5-2-6-16-30/h2-28,42H,29H2,1H3. The Hall–Kier alpha value is -4.28. The average Bonchev–Trinajstić information content (AvgIpc) is 3.08. The topological polar surface area (TPSA) is 46.2 Å². The van der Waals surface area contributed by atoms with Crippen LogP contribution in [0.1, 0.15) is 5.56 Å². The van der Waals surface area contributed by atoms with Gasteiger partial charge in [0, 0.05) is 0 Å². The average molecular weight is 703 g/mol. The minimum absolute atomic E-state index is 0.553. The van der Waals surface area contributed by atoms with Crippen LogP contribution < -0.4 is 20.6 Å². The van der Waals surface area contributed by atoms with Gasteiger partial charge in [-0.25, -0.2) is 0 Å². The Kier molecular flexibility index (Phi) is 7.81. The van der Waals surface area contributed by atoms with Crippen molar-refractivity contribution in [2.75, 3.05) is 11.0 Å². The summed E-state index contributed by atoms with van der Waals surface area (Å²) in [5.41, 5.74) is 3.64. The molecule has 7 aromatic rings. The molecular formula is C40H33BrNO2PS. The van der Waals surface area contributed by atoms with Crippen molar-refractivity contribution in [1.29, 1.82) is 0 Å². The fourth-order valence-electron chi connectivity index (χ4n) is 6.84. The van der Waals surface area contributed by atoms with E-state index in [0.29, 0.717) is 11.8 Å². The van der Waals surface area contributed by atoms with Crippen LogP contribution in [-0.2, 0) is 16.2 Å². The van der Waals surface area contributed by atoms with Crippen LogP contribution in [0.2, 0.25) is 0 Å². The van der Waals surface area contributed by atoms with Crippen LogP contribution >= 0.6 is 20.8 Å². The number of hydrogen-bond donors (Lipinski definition) is 1. The van der Waals surface area contributed by atoms with Crippen LogP contribution in [0.4, 0.5) is 5.69 Å². The van der Waals surface area contributed by atoms with Crippen molar-refractivity contribution in [3.05, 3.63) is 169 Å². The summed E-state index contributed by atoms with van der Waals surface area (Å²) < 4.78 is 28.7. The first-order chi connectivity index (χ1) is 22.3. The fraction of sp³-hybridized carbons (Fsp3) is 0.0500. The molecule has 0 atom stereocenters. The number of rotatable bonds is 8. The third kappa shape index (κ3) is 5.23. The van der Waals surface area contributed by atoms with Gasteiger partial charge < -0.3 is 0 Å². The zero-order valence-electron chi connectivity index (χ0n) is 25.3. The SMILES string of the molecule is CS(=O)(=O)Nc1ccc2ccccc2c1-c1c(P(Br)(Cc2ccccc2)(c2ccccc2)c2ccccc2)ccc2ccccc12. The summed E-state index contributed by atoms with van der Waals surface area (Å²) in [5.74, 6) is 0. The molecule has 7 rings (SSSR count). The first-order valence-electron chi connectivity index (χ1n) is 15.2. The van der Waals surface area contributed by atoms with Crippen LogP contribution in [0.5, 0.6) is 0 Å². The van der Waals surface area contributed by atoms with E-state index in [0.717, 1.165) is 38.0 Å². The molecule has 0 aromatic heterocycles. The number of sulfonamides is 1. The van der Waals surface area contributed by atoms with Gasteiger partial charge in [0.25, 0.3) is 0 Å². The van der Waals surface area contributed by atoms with Crippen molar-refractivity contribution in [2.24, 2.45) is 0 Å². The second kappa shape index (κ2) is 11.8. The van der Waals surface area contributed by atoms with Crippen LogP contribution in [0.3, 0.4) is 0 Å². The number of anilines is 1. The predicted molar refractivity (Wildman–Crippen MR) is 203 cm³/mol. The van der Waals surface area contributed by atoms with Gasteiger partial charge in [0.1, 0.15) is 0 Å². The maximum atomic E-state index is 12.9. The van der Waals surface area contributed by atoms with E-state index >= 15 is 0 Å². The van der Waals surface area contributed by atoms with Gasteiger partial charge in [0.2, 0.25) is 0 Å². The first-order valence-corrected chi connectivity index (χ1v) is 21.5. The molecule has 0 aliphatic rings. The molecular weight excluding hydrogens is 669 g/mol. The molecule has 0 aliphatic carbocycles. The predicted octanol–water partition coefficient (Wildman–Crippen LogP) is 9.37. The number of hydrogen-bond acceptors (Lipinski definition) is 2. The molecule has 1 N–H and O–H groups in total. The molecule has 0 amide bonds. The molecule has 6 heteroatoms. The van der Waals surface area contributed by atoms with Crippen molar-refractivity contribution in [3.63, 3.8) is 0 Å². The van der Waals surface area contributed by atoms with Crippen molar-refractivity contribution >= 4 is 74.0 Å². The Balaban J connectivity index is 1.74. The van der Waals surface area contributed by atoms with Crippen molar-refractivity contribution in [2.45, 2.75) is 6.16 Å². The second-order valence-electron chi connectivity index (χ2n) is 11.8. The Morgan fingerprint density at radius 2 is 1.00 bits per heavy atom. The van der Waals surface area contributed by atoms with Crippen LogP contribution in [0, 0.1) is 0 Å². The quantitative estimate of drug-likeness (QED) is 0.161. The van der Waals surface area contributed by atoms with Crippen LogP contribution in [-0.4, -0.2) is 14.7 Å². The molecule has 46 heavy (non-hydrogen) atoms. The summed E-state index contributed by atoms with van der Waals surface area (Å²) in [6, 6.07) is 57.2. The summed E-state index contributed by atoms with van der Waals surface area (Å²) in [6.45, 7) is 0. The molecule has 0 bridgehead atoms. The summed E-state index contributed by atoms with van der Waals surface area (Å²) in [4.78, 5) is 0. The van der Waals surface area contributed by atoms with E-state index in [9.17, 15) is 8.42 Å². The molecule has 3 nitrogen and oxygen atoms in total. The third-order valence-electron chi connectivity index (χ3n) is 8.80. The van der Waals surface area contributed by atoms with Crippen molar-refractivity contribution < 1.29 is 8.42 Å². The van der Waals surface area contributed by atoms with E-state index in [1.54, 1.807) is 0 Å². The third-order valence-corrected chi connectivity index (χ3v) is 18.8. The number of benzene rings is 7. The van der Waals surface area contributed by atoms with Crippen molar-refractivity contribution in [3.8, 4) is 11.1 Å². The molecule has 0 spiro atoms. The van der Waals surface area contributed by atoms with E-state index in [1.807, 2.05) is 24.3 Å². The molecule has 0 saturated heterocycles. The first kappa shape index (κ1) is 30.4. The minimum atomic E-state index is -3.60. The molecule has 0 unspecified atom stereocenters. The molecule has 0 fully saturated rings. The Labute approximate surface area is 278 Å². The van der Waals surface area contributed by atoms with Crippen LogP contribution in [0.15, 0.2) is 164 Å². The zero-order chi connectivity index (χ0) is 31.8. The monoisotopic (exact) mass is 701 g/mol. The Morgan fingerprint density at radius 1 is 0.543 bits per heavy atom. The number of fused-ring (bicyclic) bond motifs is 2. The Bertz CT molecular complexity index is 2270. The summed E-state index contributed by atoms with van der Waals surface area (Å²) >= 11 is 4.73. The van der Waals surface area contributed by atoms with Gasteiger partial charge in [0.15, 0.2) is 0 Å². The normalized spacial score (nSPS) is 12.9. The fourth-order valence-corrected chi connectivity index (χ4v) is 15.5. The van der Waals surface area contributed by atoms with Gasteiger partial charge in [-0.05, 0) is 0 Å². The maximum absolute atomic E-state index is 12.9. The molecule has 0 saturated carbocycles. The van der Waals surface area contributed by atoms with Gasteiger partial charge >= 0.3 is 280 Å². The van der Waals surface area contributed by atoms with Gasteiger partial charge in [-0.2, -0.15) is 0 Å². The van der Waals surface area contributed by atoms with Gasteiger partial charge in [-0.15, -0.1) is 0 Å². The number of halogens is 1. The van der Waals surface area contributed by atoms with E-state index in [1.165, 1.54) is 22.4 Å². The van der Waals surface area contributed by atoms with Crippen molar-refractivity contribution in [1.82, 2.24) is 0 Å². The van der Waals surface area contributed by atoms with E-state index in [4.69, 9.17) is 15.5 Å². The molecule has 228 valence electrons. The van der Waals surface area contributed by atoms with Gasteiger partial charge in [-0.1, -0.05) is 0 Å². The van der Waals surface area contributed by atoms with Crippen LogP contribution in [0.25, 0.3) is 32.7 Å². The molecule has 7 aromatic carbocycles. The molecule has 0 aliphatic heterocycles. The zero-order valence-corrected chi connectivity index (χ0v) is 28.6. The van der Waals surface area contributed by atoms with E-state index in [-0.39, 0.29) is 0 Å². The summed E-state index contributed by atoms with van der Waals surface area (Å²) in [5, 5.41) is 4.09. The second-order valence-corrected chi connectivity index (χ2v) is 22.4. The summed E-state index contributed by atoms with van der Waals surface area (Å²) in [6.07, 6.45) is 1.93. The van der Waals surface area contributed by atoms with E-state index in [2.05, 4.69) is 144 Å². The van der Waals surface area contributed by atoms with Gasteiger partial charge in [-0.3, -0.25) is 0 Å². The Morgan fingerprint density at radius 3 is 1.54 bits per heavy atom. The van der Waals surface area contributed by atoms with E-state index < -0.39 is 15.3 Å².